The van der Waals surface area contributed by atoms with Crippen LogP contribution in [-0.4, -0.2) is 21.8 Å². The van der Waals surface area contributed by atoms with E-state index in [0.29, 0.717) is 5.92 Å². The van der Waals surface area contributed by atoms with Crippen LogP contribution < -0.4 is 5.32 Å². The summed E-state index contributed by atoms with van der Waals surface area (Å²) in [6.07, 6.45) is 0.933. The van der Waals surface area contributed by atoms with Crippen LogP contribution >= 0.6 is 11.3 Å². The zero-order valence-electron chi connectivity index (χ0n) is 11.3. The van der Waals surface area contributed by atoms with Gasteiger partial charge in [0.15, 0.2) is 0 Å². The topological polar surface area (TPSA) is 58.0 Å². The van der Waals surface area contributed by atoms with E-state index in [4.69, 9.17) is 5.11 Å². The lowest BCUT2D eigenvalue weighted by atomic mass is 10.1. The Hall–Kier alpha value is -1.46. The highest BCUT2D eigenvalue weighted by atomic mass is 32.1. The van der Waals surface area contributed by atoms with E-state index >= 15 is 0 Å². The van der Waals surface area contributed by atoms with Crippen LogP contribution in [0, 0.1) is 0 Å². The Kier molecular flexibility index (Phi) is 4.87. The molecule has 2 aromatic rings. The highest BCUT2D eigenvalue weighted by molar-refractivity contribution is 7.15. The first-order chi connectivity index (χ1) is 9.19. The lowest BCUT2D eigenvalue weighted by Crippen LogP contribution is -2.04. The van der Waals surface area contributed by atoms with Gasteiger partial charge < -0.3 is 10.4 Å². The molecule has 0 atom stereocenters. The number of aromatic nitrogens is 2. The van der Waals surface area contributed by atoms with Crippen molar-refractivity contribution in [3.8, 4) is 0 Å². The molecule has 0 aliphatic heterocycles. The predicted octanol–water partition coefficient (Wildman–Crippen LogP) is 2.81. The average molecular weight is 277 g/mol. The van der Waals surface area contributed by atoms with Crippen LogP contribution in [0.3, 0.4) is 0 Å². The molecule has 0 aliphatic rings. The van der Waals surface area contributed by atoms with Gasteiger partial charge in [-0.15, -0.1) is 10.2 Å². The van der Waals surface area contributed by atoms with E-state index in [0.717, 1.165) is 28.7 Å². The van der Waals surface area contributed by atoms with Gasteiger partial charge in [-0.3, -0.25) is 0 Å². The molecule has 4 nitrogen and oxygen atoms in total. The van der Waals surface area contributed by atoms with E-state index in [-0.39, 0.29) is 6.61 Å². The van der Waals surface area contributed by atoms with Gasteiger partial charge in [0.25, 0.3) is 0 Å². The summed E-state index contributed by atoms with van der Waals surface area (Å²) in [5.41, 5.74) is 2.20. The molecule has 0 radical (unpaired) electrons. The first-order valence-electron chi connectivity index (χ1n) is 6.45. The molecule has 1 aromatic heterocycles. The van der Waals surface area contributed by atoms with E-state index in [2.05, 4.69) is 29.4 Å². The highest BCUT2D eigenvalue weighted by Crippen LogP contribution is 2.22. The van der Waals surface area contributed by atoms with Gasteiger partial charge in [0, 0.05) is 12.5 Å². The maximum absolute atomic E-state index is 8.97. The van der Waals surface area contributed by atoms with Gasteiger partial charge in [0.05, 0.1) is 6.61 Å². The van der Waals surface area contributed by atoms with Crippen LogP contribution in [0.1, 0.15) is 35.9 Å². The Balaban J connectivity index is 1.81. The second-order valence-electron chi connectivity index (χ2n) is 4.75. The number of aliphatic hydroxyl groups excluding tert-OH is 1. The van der Waals surface area contributed by atoms with Crippen molar-refractivity contribution in [2.24, 2.45) is 0 Å². The molecule has 1 heterocycles. The second-order valence-corrected chi connectivity index (χ2v) is 5.76. The largest absolute Gasteiger partial charge is 0.392 e. The first kappa shape index (κ1) is 14.0. The number of nitrogens with one attached hydrogen (secondary N) is 1. The first-order valence-corrected chi connectivity index (χ1v) is 7.26. The Labute approximate surface area is 117 Å². The van der Waals surface area contributed by atoms with Gasteiger partial charge in [0.2, 0.25) is 5.13 Å². The molecule has 2 rings (SSSR count). The molecule has 0 aliphatic carbocycles. The van der Waals surface area contributed by atoms with Crippen molar-refractivity contribution in [2.45, 2.75) is 32.8 Å². The molecule has 0 spiro atoms. The van der Waals surface area contributed by atoms with Crippen LogP contribution in [0.5, 0.6) is 0 Å². The highest BCUT2D eigenvalue weighted by Gasteiger charge is 2.06. The van der Waals surface area contributed by atoms with Gasteiger partial charge in [-0.1, -0.05) is 49.4 Å². The zero-order valence-corrected chi connectivity index (χ0v) is 12.1. The summed E-state index contributed by atoms with van der Waals surface area (Å²) in [4.78, 5) is 0. The molecule has 0 saturated heterocycles. The minimum atomic E-state index is 0.0985. The quantitative estimate of drug-likeness (QED) is 0.852. The molecule has 0 unspecified atom stereocenters. The van der Waals surface area contributed by atoms with E-state index < -0.39 is 0 Å². The van der Waals surface area contributed by atoms with E-state index in [1.54, 1.807) is 11.3 Å². The predicted molar refractivity (Wildman–Crippen MR) is 78.6 cm³/mol. The summed E-state index contributed by atoms with van der Waals surface area (Å²) in [6, 6.07) is 8.01. The van der Waals surface area contributed by atoms with Gasteiger partial charge in [0.1, 0.15) is 5.01 Å². The molecule has 0 fully saturated rings. The SMILES string of the molecule is CC(C)c1nnc(NCCc2ccc(CO)cc2)s1. The van der Waals surface area contributed by atoms with Gasteiger partial charge in [-0.05, 0) is 17.5 Å². The van der Waals surface area contributed by atoms with E-state index in [1.165, 1.54) is 5.56 Å². The summed E-state index contributed by atoms with van der Waals surface area (Å²) < 4.78 is 0. The molecule has 0 bridgehead atoms. The number of aliphatic hydroxyl groups is 1. The smallest absolute Gasteiger partial charge is 0.205 e. The summed E-state index contributed by atoms with van der Waals surface area (Å²) in [5.74, 6) is 0.430. The van der Waals surface area contributed by atoms with Crippen molar-refractivity contribution in [2.75, 3.05) is 11.9 Å². The van der Waals surface area contributed by atoms with Crippen molar-refractivity contribution >= 4 is 16.5 Å². The fourth-order valence-corrected chi connectivity index (χ4v) is 2.44. The Morgan fingerprint density at radius 3 is 2.42 bits per heavy atom. The van der Waals surface area contributed by atoms with Gasteiger partial charge >= 0.3 is 0 Å². The fraction of sp³-hybridized carbons (Fsp3) is 0.429. The van der Waals surface area contributed by atoms with Crippen LogP contribution in [0.4, 0.5) is 5.13 Å². The van der Waals surface area contributed by atoms with Gasteiger partial charge in [-0.25, -0.2) is 0 Å². The lowest BCUT2D eigenvalue weighted by molar-refractivity contribution is 0.282. The van der Waals surface area contributed by atoms with Crippen LogP contribution in [0.2, 0.25) is 0 Å². The van der Waals surface area contributed by atoms with Crippen molar-refractivity contribution in [1.29, 1.82) is 0 Å². The second kappa shape index (κ2) is 6.63. The van der Waals surface area contributed by atoms with Crippen molar-refractivity contribution in [1.82, 2.24) is 10.2 Å². The third kappa shape index (κ3) is 4.01. The molecule has 19 heavy (non-hydrogen) atoms. The minimum absolute atomic E-state index is 0.0985. The average Bonchev–Trinajstić information content (AvgIpc) is 2.89. The van der Waals surface area contributed by atoms with Crippen molar-refractivity contribution in [3.63, 3.8) is 0 Å². The molecule has 1 aromatic carbocycles. The van der Waals surface area contributed by atoms with E-state index in [9.17, 15) is 0 Å². The van der Waals surface area contributed by atoms with Crippen LogP contribution in [0.25, 0.3) is 0 Å². The summed E-state index contributed by atoms with van der Waals surface area (Å²) in [7, 11) is 0. The Morgan fingerprint density at radius 2 is 1.84 bits per heavy atom. The van der Waals surface area contributed by atoms with Crippen LogP contribution in [0.15, 0.2) is 24.3 Å². The van der Waals surface area contributed by atoms with Crippen LogP contribution in [-0.2, 0) is 13.0 Å². The molecule has 2 N–H and O–H groups in total. The molecular formula is C14H19N3OS. The Morgan fingerprint density at radius 1 is 1.16 bits per heavy atom. The van der Waals surface area contributed by atoms with Crippen molar-refractivity contribution in [3.05, 3.63) is 40.4 Å². The number of hydrogen-bond acceptors (Lipinski definition) is 5. The number of rotatable bonds is 6. The maximum atomic E-state index is 8.97. The third-order valence-electron chi connectivity index (χ3n) is 2.83. The monoisotopic (exact) mass is 277 g/mol. The molecule has 0 amide bonds. The molecular weight excluding hydrogens is 258 g/mol. The summed E-state index contributed by atoms with van der Waals surface area (Å²) >= 11 is 1.62. The standard InChI is InChI=1S/C14H19N3OS/c1-10(2)13-16-17-14(19-13)15-8-7-11-3-5-12(9-18)6-4-11/h3-6,10,18H,7-9H2,1-2H3,(H,15,17). The number of benzene rings is 1. The Bertz CT molecular complexity index is 508. The van der Waals surface area contributed by atoms with E-state index in [1.807, 2.05) is 24.3 Å². The molecule has 5 heteroatoms. The fourth-order valence-electron chi connectivity index (χ4n) is 1.66. The normalized spacial score (nSPS) is 10.9. The molecule has 0 saturated carbocycles. The number of anilines is 1. The number of nitrogens with zero attached hydrogens (tertiary/aromatic N) is 2. The summed E-state index contributed by atoms with van der Waals surface area (Å²) in [5, 5.41) is 22.5. The number of hydrogen-bond donors (Lipinski definition) is 2. The molecule has 102 valence electrons. The lowest BCUT2D eigenvalue weighted by Gasteiger charge is -2.03. The van der Waals surface area contributed by atoms with Crippen molar-refractivity contribution < 1.29 is 5.11 Å². The minimum Gasteiger partial charge on any atom is -0.392 e. The maximum Gasteiger partial charge on any atom is 0.205 e. The van der Waals surface area contributed by atoms with Gasteiger partial charge in [-0.2, -0.15) is 0 Å². The third-order valence-corrected chi connectivity index (χ3v) is 4.01. The summed E-state index contributed by atoms with van der Waals surface area (Å²) in [6.45, 7) is 5.17. The zero-order chi connectivity index (χ0) is 13.7.